The van der Waals surface area contributed by atoms with Gasteiger partial charge in [-0.1, -0.05) is 67.4 Å². The highest BCUT2D eigenvalue weighted by atomic mass is 35.5. The smallest absolute Gasteiger partial charge is 0.0587 e. The number of benzene rings is 2. The minimum Gasteiger partial charge on any atom is -0.297 e. The zero-order valence-electron chi connectivity index (χ0n) is 18.9. The molecule has 30 heavy (non-hydrogen) atoms. The van der Waals surface area contributed by atoms with E-state index in [2.05, 4.69) is 73.3 Å². The van der Waals surface area contributed by atoms with Crippen LogP contribution < -0.4 is 0 Å². The number of aryl methyl sites for hydroxylation is 1. The van der Waals surface area contributed by atoms with Crippen molar-refractivity contribution in [2.45, 2.75) is 83.2 Å². The maximum absolute atomic E-state index is 7.32. The summed E-state index contributed by atoms with van der Waals surface area (Å²) in [5, 5.41) is 7.64. The lowest BCUT2D eigenvalue weighted by atomic mass is 9.83. The van der Waals surface area contributed by atoms with Crippen molar-refractivity contribution >= 4 is 11.6 Å². The van der Waals surface area contributed by atoms with E-state index in [1.807, 2.05) is 0 Å². The van der Waals surface area contributed by atoms with E-state index in [-0.39, 0.29) is 0 Å². The van der Waals surface area contributed by atoms with Crippen molar-refractivity contribution in [3.05, 3.63) is 71.3 Å². The largest absolute Gasteiger partial charge is 0.297 e. The van der Waals surface area contributed by atoms with Gasteiger partial charge in [-0.3, -0.25) is 4.90 Å². The van der Waals surface area contributed by atoms with E-state index in [1.165, 1.54) is 55.7 Å². The minimum atomic E-state index is 0.321. The minimum absolute atomic E-state index is 0.321. The number of nitriles is 1. The molecule has 2 unspecified atom stereocenters. The van der Waals surface area contributed by atoms with Gasteiger partial charge in [0.25, 0.3) is 0 Å². The van der Waals surface area contributed by atoms with Gasteiger partial charge >= 0.3 is 0 Å². The second-order valence-corrected chi connectivity index (χ2v) is 9.09. The third kappa shape index (κ3) is 8.13. The van der Waals surface area contributed by atoms with Gasteiger partial charge in [0.15, 0.2) is 0 Å². The number of hydrogen-bond donors (Lipinski definition) is 0. The first-order valence-electron chi connectivity index (χ1n) is 11.4. The van der Waals surface area contributed by atoms with Crippen LogP contribution in [0.2, 0.25) is 0 Å². The van der Waals surface area contributed by atoms with Crippen molar-refractivity contribution in [2.24, 2.45) is 0 Å². The average Bonchev–Trinajstić information content (AvgIpc) is 2.75. The Hall–Kier alpha value is -1.82. The van der Waals surface area contributed by atoms with Gasteiger partial charge in [-0.2, -0.15) is 5.26 Å². The summed E-state index contributed by atoms with van der Waals surface area (Å²) in [5.74, 6) is 0.553. The van der Waals surface area contributed by atoms with Gasteiger partial charge in [0.1, 0.15) is 0 Å². The number of nitrogens with zero attached hydrogens (tertiary/aromatic N) is 2. The second-order valence-electron chi connectivity index (χ2n) is 8.53. The molecule has 0 heterocycles. The van der Waals surface area contributed by atoms with Crippen LogP contribution in [0.5, 0.6) is 0 Å². The van der Waals surface area contributed by atoms with E-state index in [0.29, 0.717) is 17.3 Å². The highest BCUT2D eigenvalue weighted by Gasteiger charge is 2.24. The Morgan fingerprint density at radius 1 is 1.00 bits per heavy atom. The third-order valence-corrected chi connectivity index (χ3v) is 6.48. The molecule has 0 N–H and O–H groups in total. The number of halogens is 1. The Labute approximate surface area is 188 Å². The van der Waals surface area contributed by atoms with E-state index in [0.717, 1.165) is 19.5 Å². The molecule has 1 aliphatic carbocycles. The molecule has 2 aromatic rings. The molecule has 2 aromatic carbocycles. The fourth-order valence-electron chi connectivity index (χ4n) is 4.22. The molecule has 0 amide bonds. The van der Waals surface area contributed by atoms with Gasteiger partial charge in [-0.05, 0) is 62.8 Å². The van der Waals surface area contributed by atoms with Crippen LogP contribution in [-0.2, 0) is 13.0 Å². The molecule has 0 radical (unpaired) electrons. The van der Waals surface area contributed by atoms with Gasteiger partial charge in [0.05, 0.1) is 6.07 Å². The van der Waals surface area contributed by atoms with Crippen LogP contribution in [0, 0.1) is 11.3 Å². The van der Waals surface area contributed by atoms with Crippen LogP contribution in [0.3, 0.4) is 0 Å². The second kappa shape index (κ2) is 13.5. The van der Waals surface area contributed by atoms with Gasteiger partial charge in [0.2, 0.25) is 0 Å². The Balaban J connectivity index is 0.00000101. The van der Waals surface area contributed by atoms with Crippen molar-refractivity contribution < 1.29 is 0 Å². The monoisotopic (exact) mass is 424 g/mol. The standard InChI is InChI=1S/C25H34ClN.C2H3N/c1-20(2)27(19-22-9-4-3-5-10-22)18-8-11-21-14-16-23(17-15-21)24-12-6-7-13-25(24)26;1-2-3/h3-5,9-10,14-17,20,24-25H,6-8,11-13,18-19H2,1-2H3;1H3. The van der Waals surface area contributed by atoms with Gasteiger partial charge in [-0.15, -0.1) is 11.6 Å². The number of hydrogen-bond acceptors (Lipinski definition) is 2. The SMILES string of the molecule is CC#N.CC(C)N(CCCc1ccc(C2CCCCC2Cl)cc1)Cc1ccccc1. The summed E-state index contributed by atoms with van der Waals surface area (Å²) < 4.78 is 0. The van der Waals surface area contributed by atoms with Gasteiger partial charge in [-0.25, -0.2) is 0 Å². The molecular formula is C27H37ClN2. The summed E-state index contributed by atoms with van der Waals surface area (Å²) >= 11 is 6.57. The average molecular weight is 425 g/mol. The summed E-state index contributed by atoms with van der Waals surface area (Å²) in [7, 11) is 0. The van der Waals surface area contributed by atoms with Crippen molar-refractivity contribution in [3.8, 4) is 6.07 Å². The van der Waals surface area contributed by atoms with Gasteiger partial charge in [0, 0.05) is 30.8 Å². The lowest BCUT2D eigenvalue weighted by Gasteiger charge is -2.27. The molecule has 0 saturated heterocycles. The van der Waals surface area contributed by atoms with Crippen LogP contribution >= 0.6 is 11.6 Å². The quantitative estimate of drug-likeness (QED) is 0.415. The summed E-state index contributed by atoms with van der Waals surface area (Å²) in [6.07, 6.45) is 7.37. The molecule has 0 aromatic heterocycles. The summed E-state index contributed by atoms with van der Waals surface area (Å²) in [6, 6.07) is 22.4. The van der Waals surface area contributed by atoms with Crippen molar-refractivity contribution in [1.29, 1.82) is 5.26 Å². The highest BCUT2D eigenvalue weighted by Crippen LogP contribution is 2.36. The Kier molecular flexibility index (Phi) is 11.0. The zero-order chi connectivity index (χ0) is 21.8. The molecule has 162 valence electrons. The molecule has 2 atom stereocenters. The first-order valence-corrected chi connectivity index (χ1v) is 11.8. The van der Waals surface area contributed by atoms with E-state index in [1.54, 1.807) is 6.07 Å². The molecule has 0 aliphatic heterocycles. The molecule has 1 fully saturated rings. The molecule has 1 saturated carbocycles. The lowest BCUT2D eigenvalue weighted by molar-refractivity contribution is 0.210. The Morgan fingerprint density at radius 3 is 2.23 bits per heavy atom. The molecule has 0 bridgehead atoms. The van der Waals surface area contributed by atoms with E-state index in [9.17, 15) is 0 Å². The Morgan fingerprint density at radius 2 is 1.63 bits per heavy atom. The maximum Gasteiger partial charge on any atom is 0.0587 e. The summed E-state index contributed by atoms with van der Waals surface area (Å²) in [5.41, 5.74) is 4.29. The molecule has 0 spiro atoms. The summed E-state index contributed by atoms with van der Waals surface area (Å²) in [6.45, 7) is 8.20. The Bertz CT molecular complexity index is 749. The van der Waals surface area contributed by atoms with E-state index >= 15 is 0 Å². The van der Waals surface area contributed by atoms with Crippen LogP contribution in [0.1, 0.15) is 75.5 Å². The van der Waals surface area contributed by atoms with Crippen molar-refractivity contribution in [2.75, 3.05) is 6.54 Å². The van der Waals surface area contributed by atoms with E-state index < -0.39 is 0 Å². The highest BCUT2D eigenvalue weighted by molar-refractivity contribution is 6.21. The van der Waals surface area contributed by atoms with Crippen molar-refractivity contribution in [3.63, 3.8) is 0 Å². The fraction of sp³-hybridized carbons (Fsp3) is 0.519. The van der Waals surface area contributed by atoms with Crippen LogP contribution in [0.4, 0.5) is 0 Å². The zero-order valence-corrected chi connectivity index (χ0v) is 19.6. The van der Waals surface area contributed by atoms with Crippen LogP contribution in [-0.4, -0.2) is 22.9 Å². The lowest BCUT2D eigenvalue weighted by Crippen LogP contribution is -2.31. The predicted molar refractivity (Wildman–Crippen MR) is 129 cm³/mol. The molecule has 3 heteroatoms. The third-order valence-electron chi connectivity index (χ3n) is 5.96. The van der Waals surface area contributed by atoms with Gasteiger partial charge < -0.3 is 0 Å². The van der Waals surface area contributed by atoms with Crippen LogP contribution in [0.15, 0.2) is 54.6 Å². The predicted octanol–water partition coefficient (Wildman–Crippen LogP) is 7.32. The normalized spacial score (nSPS) is 18.6. The molecular weight excluding hydrogens is 388 g/mol. The van der Waals surface area contributed by atoms with Crippen LogP contribution in [0.25, 0.3) is 0 Å². The number of alkyl halides is 1. The maximum atomic E-state index is 7.32. The first kappa shape index (κ1) is 24.4. The molecule has 2 nitrogen and oxygen atoms in total. The molecule has 1 aliphatic rings. The summed E-state index contributed by atoms with van der Waals surface area (Å²) in [4.78, 5) is 2.57. The fourth-order valence-corrected chi connectivity index (χ4v) is 4.64. The van der Waals surface area contributed by atoms with E-state index in [4.69, 9.17) is 16.9 Å². The topological polar surface area (TPSA) is 27.0 Å². The number of rotatable bonds is 8. The molecule has 3 rings (SSSR count). The first-order chi connectivity index (χ1) is 14.5. The van der Waals surface area contributed by atoms with Crippen molar-refractivity contribution in [1.82, 2.24) is 4.90 Å².